The number of hydrogen-bond donors (Lipinski definition) is 4. The van der Waals surface area contributed by atoms with Crippen LogP contribution in [0.3, 0.4) is 0 Å². The van der Waals surface area contributed by atoms with Crippen molar-refractivity contribution in [3.63, 3.8) is 0 Å². The molecular formula is C25H27N7NaO7S2+. The van der Waals surface area contributed by atoms with Gasteiger partial charge in [0.25, 0.3) is 17.5 Å². The van der Waals surface area contributed by atoms with E-state index >= 15 is 0 Å². The fraction of sp³-hybridized carbons (Fsp3) is 0.320. The Balaban J connectivity index is 0.00000253. The maximum atomic E-state index is 13.3. The molecule has 2 aliphatic rings. The number of carbonyl (C=O) groups is 4. The van der Waals surface area contributed by atoms with Gasteiger partial charge in [-0.1, -0.05) is 24.6 Å². The number of nitrogens with two attached hydrogens (primary N) is 1. The van der Waals surface area contributed by atoms with E-state index in [1.807, 2.05) is 45.8 Å². The third kappa shape index (κ3) is 6.17. The van der Waals surface area contributed by atoms with E-state index in [0.29, 0.717) is 17.7 Å². The molecule has 42 heavy (non-hydrogen) atoms. The number of hydrogen-bond acceptors (Lipinski definition) is 10. The van der Waals surface area contributed by atoms with Crippen LogP contribution in [0.25, 0.3) is 5.65 Å². The maximum Gasteiger partial charge on any atom is 1.00 e. The number of thiazole rings is 1. The normalized spacial score (nSPS) is 19.0. The zero-order valence-electron chi connectivity index (χ0n) is 23.7. The van der Waals surface area contributed by atoms with Crippen LogP contribution in [-0.2, 0) is 30.6 Å². The average molecular weight is 625 g/mol. The van der Waals surface area contributed by atoms with Crippen LogP contribution < -0.4 is 45.2 Å². The van der Waals surface area contributed by atoms with E-state index in [1.54, 1.807) is 6.92 Å². The molecule has 14 nitrogen and oxygen atoms in total. The number of aliphatic carboxylic acids is 2. The van der Waals surface area contributed by atoms with Crippen molar-refractivity contribution < 1.29 is 69.8 Å². The summed E-state index contributed by atoms with van der Waals surface area (Å²) in [5.41, 5.74) is 6.72. The monoisotopic (exact) mass is 624 g/mol. The van der Waals surface area contributed by atoms with Gasteiger partial charge in [0.2, 0.25) is 6.10 Å². The molecule has 1 fully saturated rings. The van der Waals surface area contributed by atoms with E-state index in [9.17, 15) is 29.4 Å². The predicted octanol–water partition coefficient (Wildman–Crippen LogP) is -2.21. The van der Waals surface area contributed by atoms with E-state index < -0.39 is 41.3 Å². The van der Waals surface area contributed by atoms with Crippen LogP contribution in [0.1, 0.15) is 26.9 Å². The van der Waals surface area contributed by atoms with Crippen LogP contribution in [0.2, 0.25) is 0 Å². The van der Waals surface area contributed by atoms with Gasteiger partial charge in [-0.05, 0) is 12.5 Å². The minimum Gasteiger partial charge on any atom is -1.00 e. The van der Waals surface area contributed by atoms with Gasteiger partial charge in [-0.3, -0.25) is 14.5 Å². The van der Waals surface area contributed by atoms with Crippen LogP contribution >= 0.6 is 23.1 Å². The number of thioether (sulfide) groups is 1. The largest absolute Gasteiger partial charge is 1.00 e. The zero-order chi connectivity index (χ0) is 29.3. The third-order valence-electron chi connectivity index (χ3n) is 6.54. The van der Waals surface area contributed by atoms with E-state index in [4.69, 9.17) is 10.6 Å². The molecule has 5 rings (SSSR count). The molecule has 3 atom stereocenters. The van der Waals surface area contributed by atoms with E-state index in [-0.39, 0.29) is 66.2 Å². The summed E-state index contributed by atoms with van der Waals surface area (Å²) >= 11 is 2.37. The maximum absolute atomic E-state index is 13.3. The topological polar surface area (TPSA) is 193 Å². The molecule has 3 aromatic heterocycles. The minimum absolute atomic E-state index is 0. The Hall–Kier alpha value is -3.44. The van der Waals surface area contributed by atoms with Gasteiger partial charge in [-0.25, -0.2) is 23.5 Å². The Labute approximate surface area is 271 Å². The molecule has 0 aromatic carbocycles. The summed E-state index contributed by atoms with van der Waals surface area (Å²) in [4.78, 5) is 60.7. The first kappa shape index (κ1) is 31.5. The summed E-state index contributed by atoms with van der Waals surface area (Å²) in [5.74, 6) is -3.59. The van der Waals surface area contributed by atoms with Crippen molar-refractivity contribution in [2.75, 3.05) is 11.5 Å². The fourth-order valence-corrected chi connectivity index (χ4v) is 6.48. The standard InChI is InChI=1S/C25H25N7O7S2.Na.H/c1-2-5-15(23(35)36)39-29-17(14-12-41-25(26)27-14)20(33)28-18-21(34)32-19(24(37)38)13(11-40-22(18)32)10-31-9-8-30-7-4-3-6-16(30)31;;/h3-4,6-9,12,15,18,22H,2,5,10-11H2,1H3,(H4-,26,27,28,33,35,36,37,38);;/q;+1;-1/p+1/b29-17-;;/t15?,18-,22-;;/m1../s1. The molecule has 5 heterocycles. The van der Waals surface area contributed by atoms with Gasteiger partial charge in [-0.2, -0.15) is 0 Å². The van der Waals surface area contributed by atoms with E-state index in [1.165, 1.54) is 22.0 Å². The van der Waals surface area contributed by atoms with Crippen LogP contribution in [0, 0.1) is 0 Å². The molecule has 1 saturated heterocycles. The Morgan fingerprint density at radius 2 is 2.12 bits per heavy atom. The van der Waals surface area contributed by atoms with Crippen LogP contribution in [0.4, 0.5) is 5.13 Å². The first-order valence-electron chi connectivity index (χ1n) is 12.5. The number of oxime groups is 1. The number of carboxylic acid groups (broad SMARTS) is 2. The van der Waals surface area contributed by atoms with Gasteiger partial charge in [-0.15, -0.1) is 23.1 Å². The third-order valence-corrected chi connectivity index (χ3v) is 8.56. The number of rotatable bonds is 11. The molecule has 0 spiro atoms. The number of carboxylic acids is 2. The first-order valence-corrected chi connectivity index (χ1v) is 14.5. The van der Waals surface area contributed by atoms with Gasteiger partial charge >= 0.3 is 41.5 Å². The number of aromatic nitrogens is 3. The molecule has 216 valence electrons. The SMILES string of the molecule is CCCC(O/N=C(\C(=O)N[C@@H]1C(=O)N2C(C(=O)O)=C(C[n+]3ccn4ccccc43)CS[C@H]12)c1csc(N)n1)C(=O)O.[H-].[Na+]. The number of fused-ring (bicyclic) bond motifs is 2. The molecule has 5 N–H and O–H groups in total. The number of amides is 2. The minimum atomic E-state index is -1.29. The van der Waals surface area contributed by atoms with Crippen molar-refractivity contribution in [2.24, 2.45) is 5.16 Å². The average Bonchev–Trinajstić information content (AvgIpc) is 3.56. The Morgan fingerprint density at radius 1 is 1.33 bits per heavy atom. The second-order valence-electron chi connectivity index (χ2n) is 9.24. The van der Waals surface area contributed by atoms with Gasteiger partial charge in [0.1, 0.15) is 41.7 Å². The van der Waals surface area contributed by atoms with Gasteiger partial charge < -0.3 is 27.5 Å². The summed E-state index contributed by atoms with van der Waals surface area (Å²) < 4.78 is 3.80. The number of imidazole rings is 1. The number of nitrogens with one attached hydrogen (secondary N) is 1. The van der Waals surface area contributed by atoms with E-state index in [2.05, 4.69) is 15.5 Å². The second kappa shape index (κ2) is 13.2. The zero-order valence-corrected chi connectivity index (χ0v) is 26.3. The van der Waals surface area contributed by atoms with Crippen molar-refractivity contribution in [3.8, 4) is 0 Å². The molecular weight excluding hydrogens is 597 g/mol. The molecule has 17 heteroatoms. The number of nitrogen functional groups attached to an aromatic ring is 1. The van der Waals surface area contributed by atoms with Gasteiger partial charge in [0.15, 0.2) is 10.8 Å². The Morgan fingerprint density at radius 3 is 2.79 bits per heavy atom. The predicted molar refractivity (Wildman–Crippen MR) is 149 cm³/mol. The fourth-order valence-electron chi connectivity index (χ4n) is 4.60. The van der Waals surface area contributed by atoms with Gasteiger partial charge in [0.05, 0.1) is 6.20 Å². The van der Waals surface area contributed by atoms with Crippen LogP contribution in [0.5, 0.6) is 0 Å². The number of β-lactam (4-membered cyclic amide) rings is 1. The molecule has 1 unspecified atom stereocenters. The first-order chi connectivity index (χ1) is 19.7. The molecule has 0 bridgehead atoms. The summed E-state index contributed by atoms with van der Waals surface area (Å²) in [6, 6.07) is 4.62. The summed E-state index contributed by atoms with van der Waals surface area (Å²) in [6.45, 7) is 2.04. The number of pyridine rings is 1. The number of carbonyl (C=O) groups excluding carboxylic acids is 2. The summed E-state index contributed by atoms with van der Waals surface area (Å²) in [6.07, 6.45) is 4.95. The molecule has 2 amide bonds. The molecule has 3 aromatic rings. The number of nitrogens with zero attached hydrogens (tertiary/aromatic N) is 5. The molecule has 0 radical (unpaired) electrons. The number of anilines is 1. The van der Waals surface area contributed by atoms with Crippen molar-refractivity contribution in [3.05, 3.63) is 59.1 Å². The van der Waals surface area contributed by atoms with Crippen LogP contribution in [0.15, 0.2) is 58.6 Å². The van der Waals surface area contributed by atoms with Crippen LogP contribution in [-0.4, -0.2) is 77.2 Å². The summed E-state index contributed by atoms with van der Waals surface area (Å²) in [5, 5.41) is 26.7. The second-order valence-corrected chi connectivity index (χ2v) is 11.2. The molecule has 0 aliphatic carbocycles. The summed E-state index contributed by atoms with van der Waals surface area (Å²) in [7, 11) is 0. The van der Waals surface area contributed by atoms with Crippen molar-refractivity contribution in [2.45, 2.75) is 43.8 Å². The van der Waals surface area contributed by atoms with Gasteiger partial charge in [0, 0.05) is 22.8 Å². The molecule has 2 aliphatic heterocycles. The van der Waals surface area contributed by atoms with E-state index in [0.717, 1.165) is 17.0 Å². The Kier molecular flexibility index (Phi) is 9.93. The smallest absolute Gasteiger partial charge is 1.00 e. The van der Waals surface area contributed by atoms with Crippen molar-refractivity contribution >= 4 is 63.3 Å². The molecule has 0 saturated carbocycles. The van der Waals surface area contributed by atoms with Crippen molar-refractivity contribution in [1.82, 2.24) is 19.6 Å². The van der Waals surface area contributed by atoms with Crippen molar-refractivity contribution in [1.29, 1.82) is 0 Å². The quantitative estimate of drug-likeness (QED) is 0.0598. The Bertz CT molecular complexity index is 1610.